The second kappa shape index (κ2) is 5.46. The van der Waals surface area contributed by atoms with Gasteiger partial charge in [-0.3, -0.25) is 9.20 Å². The Labute approximate surface area is 135 Å². The highest BCUT2D eigenvalue weighted by atomic mass is 35.5. The molecule has 0 spiro atoms. The number of hydrogen-bond acceptors (Lipinski definition) is 6. The van der Waals surface area contributed by atoms with Crippen molar-refractivity contribution in [1.29, 1.82) is 0 Å². The molecule has 2 aromatic heterocycles. The van der Waals surface area contributed by atoms with Crippen LogP contribution in [0.4, 0.5) is 0 Å². The lowest BCUT2D eigenvalue weighted by molar-refractivity contribution is -0.123. The number of aromatic nitrogens is 2. The largest absolute Gasteiger partial charge is 0.358 e. The Balaban J connectivity index is 2.10. The first-order valence-electron chi connectivity index (χ1n) is 6.46. The molecule has 3 heterocycles. The fraction of sp³-hybridized carbons (Fsp3) is 0.455. The van der Waals surface area contributed by atoms with Gasteiger partial charge in [0.1, 0.15) is 6.04 Å². The van der Waals surface area contributed by atoms with Gasteiger partial charge < -0.3 is 11.1 Å². The maximum absolute atomic E-state index is 13.0. The van der Waals surface area contributed by atoms with Gasteiger partial charge in [0.05, 0.1) is 0 Å². The Kier molecular flexibility index (Phi) is 3.89. The van der Waals surface area contributed by atoms with Gasteiger partial charge in [0.2, 0.25) is 5.91 Å². The van der Waals surface area contributed by atoms with E-state index in [0.717, 1.165) is 4.31 Å². The smallest absolute Gasteiger partial charge is 0.263 e. The minimum absolute atomic E-state index is 0.0636. The first kappa shape index (κ1) is 15.7. The van der Waals surface area contributed by atoms with Crippen molar-refractivity contribution in [3.05, 3.63) is 16.7 Å². The van der Waals surface area contributed by atoms with Crippen LogP contribution in [-0.4, -0.2) is 53.7 Å². The lowest BCUT2D eigenvalue weighted by atomic mass is 10.2. The number of imidazole rings is 1. The number of rotatable bonds is 3. The summed E-state index contributed by atoms with van der Waals surface area (Å²) in [5.74, 6) is -0.390. The SMILES string of the molecule is CNC(=O)[C@@H]1C[C@@H](N)CN1S(=O)(=O)c1c(Cl)nc2sccn12. The molecule has 2 atom stereocenters. The Morgan fingerprint density at radius 2 is 2.32 bits per heavy atom. The number of carbonyl (C=O) groups excluding carboxylic acids is 1. The van der Waals surface area contributed by atoms with Crippen LogP contribution in [0, 0.1) is 0 Å². The topological polar surface area (TPSA) is 110 Å². The predicted octanol–water partition coefficient (Wildman–Crippen LogP) is -0.115. The first-order chi connectivity index (χ1) is 10.4. The van der Waals surface area contributed by atoms with Crippen molar-refractivity contribution in [3.63, 3.8) is 0 Å². The van der Waals surface area contributed by atoms with E-state index in [-0.39, 0.29) is 23.1 Å². The summed E-state index contributed by atoms with van der Waals surface area (Å²) < 4.78 is 28.4. The van der Waals surface area contributed by atoms with Crippen molar-refractivity contribution >= 4 is 43.8 Å². The molecule has 0 saturated carbocycles. The molecule has 1 fully saturated rings. The summed E-state index contributed by atoms with van der Waals surface area (Å²) in [4.78, 5) is 16.5. The molecule has 2 aromatic rings. The van der Waals surface area contributed by atoms with Crippen molar-refractivity contribution in [3.8, 4) is 0 Å². The number of hydrogen-bond donors (Lipinski definition) is 2. The fourth-order valence-corrected chi connectivity index (χ4v) is 5.65. The first-order valence-corrected chi connectivity index (χ1v) is 9.16. The zero-order valence-corrected chi connectivity index (χ0v) is 14.0. The van der Waals surface area contributed by atoms with E-state index in [1.807, 2.05) is 0 Å². The van der Waals surface area contributed by atoms with Crippen molar-refractivity contribution in [2.24, 2.45) is 5.73 Å². The summed E-state index contributed by atoms with van der Waals surface area (Å²) >= 11 is 7.28. The molecule has 1 amide bonds. The zero-order chi connectivity index (χ0) is 16.1. The Bertz CT molecular complexity index is 830. The number of sulfonamides is 1. The summed E-state index contributed by atoms with van der Waals surface area (Å²) in [6.07, 6.45) is 1.85. The minimum Gasteiger partial charge on any atom is -0.358 e. The summed E-state index contributed by atoms with van der Waals surface area (Å²) in [5, 5.41) is 3.94. The quantitative estimate of drug-likeness (QED) is 0.790. The lowest BCUT2D eigenvalue weighted by Crippen LogP contribution is -2.45. The van der Waals surface area contributed by atoms with Crippen LogP contribution in [0.5, 0.6) is 0 Å². The van der Waals surface area contributed by atoms with E-state index in [2.05, 4.69) is 10.3 Å². The molecule has 11 heteroatoms. The van der Waals surface area contributed by atoms with Crippen LogP contribution < -0.4 is 11.1 Å². The number of amides is 1. The summed E-state index contributed by atoms with van der Waals surface area (Å²) in [6, 6.07) is -1.24. The average molecular weight is 364 g/mol. The van der Waals surface area contributed by atoms with Gasteiger partial charge in [-0.05, 0) is 6.42 Å². The molecule has 0 bridgehead atoms. The van der Waals surface area contributed by atoms with E-state index in [1.54, 1.807) is 11.6 Å². The van der Waals surface area contributed by atoms with E-state index >= 15 is 0 Å². The van der Waals surface area contributed by atoms with Gasteiger partial charge in [-0.15, -0.1) is 11.3 Å². The maximum Gasteiger partial charge on any atom is 0.263 e. The summed E-state index contributed by atoms with van der Waals surface area (Å²) in [7, 11) is -2.53. The normalized spacial score (nSPS) is 23.2. The molecule has 1 saturated heterocycles. The maximum atomic E-state index is 13.0. The molecule has 8 nitrogen and oxygen atoms in total. The van der Waals surface area contributed by atoms with Gasteiger partial charge in [0.25, 0.3) is 10.0 Å². The summed E-state index contributed by atoms with van der Waals surface area (Å²) in [6.45, 7) is 0.0636. The second-order valence-electron chi connectivity index (χ2n) is 4.96. The molecule has 3 rings (SSSR count). The fourth-order valence-electron chi connectivity index (χ4n) is 2.59. The van der Waals surface area contributed by atoms with Crippen molar-refractivity contribution in [2.45, 2.75) is 23.5 Å². The molecule has 1 aliphatic rings. The monoisotopic (exact) mass is 363 g/mol. The lowest BCUT2D eigenvalue weighted by Gasteiger charge is -2.22. The molecular formula is C11H14ClN5O3S2. The van der Waals surface area contributed by atoms with E-state index in [4.69, 9.17) is 17.3 Å². The van der Waals surface area contributed by atoms with E-state index < -0.39 is 28.0 Å². The van der Waals surface area contributed by atoms with Crippen molar-refractivity contribution in [2.75, 3.05) is 13.6 Å². The van der Waals surface area contributed by atoms with Crippen molar-refractivity contribution < 1.29 is 13.2 Å². The van der Waals surface area contributed by atoms with Crippen LogP contribution in [-0.2, 0) is 14.8 Å². The summed E-state index contributed by atoms with van der Waals surface area (Å²) in [5.41, 5.74) is 5.85. The Morgan fingerprint density at radius 1 is 1.59 bits per heavy atom. The number of likely N-dealkylation sites (N-methyl/N-ethyl adjacent to an activating group) is 1. The highest BCUT2D eigenvalue weighted by molar-refractivity contribution is 7.89. The van der Waals surface area contributed by atoms with Gasteiger partial charge in [-0.1, -0.05) is 11.6 Å². The molecule has 1 aliphatic heterocycles. The number of nitrogens with one attached hydrogen (secondary N) is 1. The van der Waals surface area contributed by atoms with Crippen LogP contribution >= 0.6 is 22.9 Å². The number of nitrogens with two attached hydrogens (primary N) is 1. The van der Waals surface area contributed by atoms with Gasteiger partial charge in [0.15, 0.2) is 15.1 Å². The number of fused-ring (bicyclic) bond motifs is 1. The van der Waals surface area contributed by atoms with Crippen LogP contribution in [0.2, 0.25) is 5.15 Å². The third-order valence-electron chi connectivity index (χ3n) is 3.57. The van der Waals surface area contributed by atoms with E-state index in [0.29, 0.717) is 4.96 Å². The van der Waals surface area contributed by atoms with E-state index in [9.17, 15) is 13.2 Å². The molecule has 3 N–H and O–H groups in total. The second-order valence-corrected chi connectivity index (χ2v) is 8.00. The van der Waals surface area contributed by atoms with Gasteiger partial charge >= 0.3 is 0 Å². The molecule has 0 aromatic carbocycles. The molecule has 0 radical (unpaired) electrons. The van der Waals surface area contributed by atoms with Crippen LogP contribution in [0.15, 0.2) is 16.6 Å². The van der Waals surface area contributed by atoms with E-state index in [1.165, 1.54) is 22.8 Å². The highest BCUT2D eigenvalue weighted by Crippen LogP contribution is 2.31. The minimum atomic E-state index is -3.99. The van der Waals surface area contributed by atoms with Gasteiger partial charge in [-0.2, -0.15) is 4.31 Å². The van der Waals surface area contributed by atoms with Crippen LogP contribution in [0.25, 0.3) is 4.96 Å². The third-order valence-corrected chi connectivity index (χ3v) is 6.60. The number of thiazole rings is 1. The molecule has 0 aliphatic carbocycles. The predicted molar refractivity (Wildman–Crippen MR) is 82.4 cm³/mol. The zero-order valence-electron chi connectivity index (χ0n) is 11.6. The molecular weight excluding hydrogens is 350 g/mol. The average Bonchev–Trinajstić information content (AvgIpc) is 3.11. The molecule has 120 valence electrons. The highest BCUT2D eigenvalue weighted by Gasteiger charge is 2.44. The Morgan fingerprint density at radius 3 is 3.00 bits per heavy atom. The standard InChI is InChI=1S/C11H14ClN5O3S2/c1-14-9(18)7-4-6(13)5-17(7)22(19,20)10-8(12)15-11-16(10)2-3-21-11/h2-3,6-7H,4-5,13H2,1H3,(H,14,18)/t6-,7+/m1/s1. The number of halogens is 1. The van der Waals surface area contributed by atoms with Gasteiger partial charge in [-0.25, -0.2) is 13.4 Å². The molecule has 0 unspecified atom stereocenters. The Hall–Kier alpha value is -1.20. The van der Waals surface area contributed by atoms with Crippen LogP contribution in [0.3, 0.4) is 0 Å². The third kappa shape index (κ3) is 2.31. The number of nitrogens with zero attached hydrogens (tertiary/aromatic N) is 3. The van der Waals surface area contributed by atoms with Crippen LogP contribution in [0.1, 0.15) is 6.42 Å². The number of carbonyl (C=O) groups is 1. The molecule has 22 heavy (non-hydrogen) atoms. The van der Waals surface area contributed by atoms with Crippen molar-refractivity contribution in [1.82, 2.24) is 19.0 Å². The van der Waals surface area contributed by atoms with Gasteiger partial charge in [0, 0.05) is 31.2 Å².